The molecule has 2 N–H and O–H groups in total. The largest absolute Gasteiger partial charge is 0.336 e. The molecular formula is C25H35N5O2. The van der Waals surface area contributed by atoms with Crippen LogP contribution in [0.25, 0.3) is 0 Å². The number of carbonyl (C=O) groups excluding carboxylic acids is 2. The number of amides is 2. The third-order valence-corrected chi connectivity index (χ3v) is 6.63. The number of likely N-dealkylation sites (tertiary alicyclic amines) is 1. The molecule has 2 amide bonds. The topological polar surface area (TPSA) is 97.6 Å². The van der Waals surface area contributed by atoms with Crippen molar-refractivity contribution in [2.75, 3.05) is 20.1 Å². The molecule has 1 saturated carbocycles. The van der Waals surface area contributed by atoms with Gasteiger partial charge in [0.15, 0.2) is 0 Å². The average molecular weight is 438 g/mol. The summed E-state index contributed by atoms with van der Waals surface area (Å²) in [6, 6.07) is 11.1. The van der Waals surface area contributed by atoms with E-state index in [0.29, 0.717) is 31.0 Å². The molecule has 0 spiro atoms. The third-order valence-electron chi connectivity index (χ3n) is 6.63. The number of nitrogens with zero attached hydrogens (tertiary/aromatic N) is 3. The SMILES string of the molecule is CC(=O)NC(=NC(CC1CCCCC1)C(=O)NC1(C#N)CCN(C)CC1)c1ccccc1. The van der Waals surface area contributed by atoms with E-state index in [2.05, 4.69) is 21.6 Å². The molecule has 1 aliphatic carbocycles. The van der Waals surface area contributed by atoms with Crippen molar-refractivity contribution in [2.45, 2.75) is 69.9 Å². The van der Waals surface area contributed by atoms with E-state index in [1.807, 2.05) is 37.4 Å². The van der Waals surface area contributed by atoms with Gasteiger partial charge in [-0.25, -0.2) is 0 Å². The van der Waals surface area contributed by atoms with E-state index in [9.17, 15) is 14.9 Å². The summed E-state index contributed by atoms with van der Waals surface area (Å²) in [5, 5.41) is 15.7. The molecule has 1 unspecified atom stereocenters. The molecule has 2 aliphatic rings. The molecule has 1 atom stereocenters. The van der Waals surface area contributed by atoms with Crippen LogP contribution < -0.4 is 10.6 Å². The minimum atomic E-state index is -0.856. The fraction of sp³-hybridized carbons (Fsp3) is 0.600. The van der Waals surface area contributed by atoms with Gasteiger partial charge in [0, 0.05) is 25.6 Å². The molecule has 1 aromatic carbocycles. The van der Waals surface area contributed by atoms with Crippen molar-refractivity contribution in [2.24, 2.45) is 10.9 Å². The van der Waals surface area contributed by atoms with Crippen LogP contribution in [0.15, 0.2) is 35.3 Å². The number of rotatable bonds is 6. The highest BCUT2D eigenvalue weighted by atomic mass is 16.2. The fourth-order valence-corrected chi connectivity index (χ4v) is 4.64. The molecule has 172 valence electrons. The molecule has 3 rings (SSSR count). The Hall–Kier alpha value is -2.72. The second kappa shape index (κ2) is 11.2. The van der Waals surface area contributed by atoms with E-state index in [0.717, 1.165) is 31.5 Å². The van der Waals surface area contributed by atoms with Crippen LogP contribution in [0.2, 0.25) is 0 Å². The van der Waals surface area contributed by atoms with Gasteiger partial charge in [0.25, 0.3) is 0 Å². The van der Waals surface area contributed by atoms with Gasteiger partial charge in [0.2, 0.25) is 11.8 Å². The first-order chi connectivity index (χ1) is 15.4. The van der Waals surface area contributed by atoms with Crippen LogP contribution >= 0.6 is 0 Å². The summed E-state index contributed by atoms with van der Waals surface area (Å²) in [6.45, 7) is 2.98. The number of aliphatic imine (C=N–C) groups is 1. The highest BCUT2D eigenvalue weighted by Crippen LogP contribution is 2.29. The summed E-state index contributed by atoms with van der Waals surface area (Å²) < 4.78 is 0. The summed E-state index contributed by atoms with van der Waals surface area (Å²) >= 11 is 0. The first-order valence-electron chi connectivity index (χ1n) is 11.7. The maximum atomic E-state index is 13.5. The monoisotopic (exact) mass is 437 g/mol. The maximum Gasteiger partial charge on any atom is 0.246 e. The molecule has 1 aromatic rings. The molecule has 2 fully saturated rings. The Morgan fingerprint density at radius 1 is 1.19 bits per heavy atom. The van der Waals surface area contributed by atoms with Crippen molar-refractivity contribution in [1.82, 2.24) is 15.5 Å². The van der Waals surface area contributed by atoms with Crippen LogP contribution in [0.3, 0.4) is 0 Å². The Morgan fingerprint density at radius 3 is 2.44 bits per heavy atom. The van der Waals surface area contributed by atoms with Gasteiger partial charge in [-0.2, -0.15) is 5.26 Å². The van der Waals surface area contributed by atoms with Crippen LogP contribution in [-0.2, 0) is 9.59 Å². The zero-order chi connectivity index (χ0) is 23.0. The molecule has 7 nitrogen and oxygen atoms in total. The lowest BCUT2D eigenvalue weighted by Crippen LogP contribution is -2.56. The predicted octanol–water partition coefficient (Wildman–Crippen LogP) is 3.01. The smallest absolute Gasteiger partial charge is 0.246 e. The molecule has 0 bridgehead atoms. The van der Waals surface area contributed by atoms with Crippen LogP contribution in [0.4, 0.5) is 0 Å². The number of nitrogens with one attached hydrogen (secondary N) is 2. The highest BCUT2D eigenvalue weighted by Gasteiger charge is 2.37. The van der Waals surface area contributed by atoms with Crippen LogP contribution in [-0.4, -0.2) is 54.3 Å². The van der Waals surface area contributed by atoms with Crippen molar-refractivity contribution >= 4 is 17.6 Å². The Bertz CT molecular complexity index is 847. The summed E-state index contributed by atoms with van der Waals surface area (Å²) in [5.41, 5.74) is -0.0939. The Labute approximate surface area is 191 Å². The Balaban J connectivity index is 1.87. The van der Waals surface area contributed by atoms with Gasteiger partial charge in [-0.1, -0.05) is 62.4 Å². The molecule has 0 radical (unpaired) electrons. The average Bonchev–Trinajstić information content (AvgIpc) is 2.80. The number of amidine groups is 1. The summed E-state index contributed by atoms with van der Waals surface area (Å²) in [4.78, 5) is 32.3. The second-order valence-electron chi connectivity index (χ2n) is 9.27. The molecule has 1 saturated heterocycles. The zero-order valence-corrected chi connectivity index (χ0v) is 19.3. The van der Waals surface area contributed by atoms with E-state index < -0.39 is 11.6 Å². The van der Waals surface area contributed by atoms with Crippen LogP contribution in [0.5, 0.6) is 0 Å². The van der Waals surface area contributed by atoms with Gasteiger partial charge < -0.3 is 15.5 Å². The van der Waals surface area contributed by atoms with Gasteiger partial charge in [0.1, 0.15) is 17.4 Å². The van der Waals surface area contributed by atoms with Gasteiger partial charge in [-0.15, -0.1) is 0 Å². The van der Waals surface area contributed by atoms with E-state index >= 15 is 0 Å². The lowest BCUT2D eigenvalue weighted by atomic mass is 9.84. The quantitative estimate of drug-likeness (QED) is 0.528. The number of benzene rings is 1. The summed E-state index contributed by atoms with van der Waals surface area (Å²) in [7, 11) is 2.03. The minimum absolute atomic E-state index is 0.222. The number of nitriles is 1. The van der Waals surface area contributed by atoms with Crippen molar-refractivity contribution in [3.8, 4) is 6.07 Å². The van der Waals surface area contributed by atoms with E-state index in [1.54, 1.807) is 0 Å². The van der Waals surface area contributed by atoms with E-state index in [-0.39, 0.29) is 11.8 Å². The molecule has 1 heterocycles. The second-order valence-corrected chi connectivity index (χ2v) is 9.27. The van der Waals surface area contributed by atoms with Crippen molar-refractivity contribution in [1.29, 1.82) is 5.26 Å². The Morgan fingerprint density at radius 2 is 1.84 bits per heavy atom. The van der Waals surface area contributed by atoms with Gasteiger partial charge >= 0.3 is 0 Å². The maximum absolute atomic E-state index is 13.5. The summed E-state index contributed by atoms with van der Waals surface area (Å²) in [6.07, 6.45) is 7.60. The molecule has 7 heteroatoms. The standard InChI is InChI=1S/C25H35N5O2/c1-19(31)27-23(21-11-7-4-8-12-21)28-22(17-20-9-5-3-6-10-20)24(32)29-25(18-26)13-15-30(2)16-14-25/h4,7-8,11-12,20,22H,3,5-6,9-10,13-17H2,1-2H3,(H,29,32)(H,27,28,31). The number of piperidine rings is 1. The van der Waals surface area contributed by atoms with Gasteiger partial charge in [-0.05, 0) is 32.2 Å². The fourth-order valence-electron chi connectivity index (χ4n) is 4.64. The number of hydrogen-bond donors (Lipinski definition) is 2. The van der Waals surface area contributed by atoms with E-state index in [4.69, 9.17) is 4.99 Å². The number of hydrogen-bond acceptors (Lipinski definition) is 5. The first-order valence-corrected chi connectivity index (χ1v) is 11.7. The minimum Gasteiger partial charge on any atom is -0.336 e. The molecule has 32 heavy (non-hydrogen) atoms. The third kappa shape index (κ3) is 6.64. The molecule has 1 aliphatic heterocycles. The Kier molecular flexibility index (Phi) is 8.40. The lowest BCUT2D eigenvalue weighted by molar-refractivity contribution is -0.124. The summed E-state index contributed by atoms with van der Waals surface area (Å²) in [5.74, 6) is 0.380. The predicted molar refractivity (Wildman–Crippen MR) is 125 cm³/mol. The van der Waals surface area contributed by atoms with E-state index in [1.165, 1.54) is 26.2 Å². The van der Waals surface area contributed by atoms with Gasteiger partial charge in [0.05, 0.1) is 6.07 Å². The lowest BCUT2D eigenvalue weighted by Gasteiger charge is -2.37. The molecular weight excluding hydrogens is 402 g/mol. The van der Waals surface area contributed by atoms with Crippen LogP contribution in [0, 0.1) is 17.2 Å². The van der Waals surface area contributed by atoms with Crippen molar-refractivity contribution in [3.63, 3.8) is 0 Å². The highest BCUT2D eigenvalue weighted by molar-refractivity contribution is 6.08. The zero-order valence-electron chi connectivity index (χ0n) is 19.3. The number of carbonyl (C=O) groups is 2. The van der Waals surface area contributed by atoms with Crippen molar-refractivity contribution < 1.29 is 9.59 Å². The first kappa shape index (κ1) is 23.9. The molecule has 0 aromatic heterocycles. The normalized spacial score (nSPS) is 20.7. The van der Waals surface area contributed by atoms with Crippen LogP contribution in [0.1, 0.15) is 63.9 Å². The van der Waals surface area contributed by atoms with Gasteiger partial charge in [-0.3, -0.25) is 14.6 Å². The van der Waals surface area contributed by atoms with Crippen molar-refractivity contribution in [3.05, 3.63) is 35.9 Å².